The van der Waals surface area contributed by atoms with Crippen LogP contribution in [0.3, 0.4) is 0 Å². The highest BCUT2D eigenvalue weighted by Crippen LogP contribution is 2.35. The topological polar surface area (TPSA) is 195 Å². The Balaban J connectivity index is 2.06. The highest BCUT2D eigenvalue weighted by molar-refractivity contribution is 6.39. The molecule has 3 rings (SSSR count). The first-order valence-electron chi connectivity index (χ1n) is 23.5. The van der Waals surface area contributed by atoms with E-state index in [2.05, 4.69) is 13.5 Å². The average molecular weight is 904 g/mol. The first-order chi connectivity index (χ1) is 29.9. The van der Waals surface area contributed by atoms with E-state index in [4.69, 9.17) is 23.7 Å². The predicted molar refractivity (Wildman–Crippen MR) is 243 cm³/mol. The number of hydrogen-bond acceptors (Lipinski definition) is 13. The van der Waals surface area contributed by atoms with E-state index in [0.717, 1.165) is 11.3 Å². The number of ether oxygens (including phenoxy) is 5. The van der Waals surface area contributed by atoms with Crippen molar-refractivity contribution in [1.82, 2.24) is 4.90 Å². The van der Waals surface area contributed by atoms with Gasteiger partial charge >= 0.3 is 11.9 Å². The fraction of sp³-hybridized carbons (Fsp3) is 0.780. The van der Waals surface area contributed by atoms with Gasteiger partial charge in [-0.05, 0) is 112 Å². The Morgan fingerprint density at radius 1 is 0.906 bits per heavy atom. The van der Waals surface area contributed by atoms with Crippen LogP contribution in [0.5, 0.6) is 0 Å². The van der Waals surface area contributed by atoms with E-state index >= 15 is 0 Å². The van der Waals surface area contributed by atoms with Crippen molar-refractivity contribution >= 4 is 29.4 Å². The van der Waals surface area contributed by atoms with Gasteiger partial charge in [-0.2, -0.15) is 0 Å². The number of aliphatic hydroxyl groups excluding tert-OH is 1. The number of carbonyl (C=O) groups is 5. The van der Waals surface area contributed by atoms with E-state index in [0.29, 0.717) is 62.5 Å². The zero-order chi connectivity index (χ0) is 48.1. The van der Waals surface area contributed by atoms with E-state index in [9.17, 15) is 39.3 Å². The monoisotopic (exact) mass is 904 g/mol. The third-order valence-electron chi connectivity index (χ3n) is 13.4. The molecule has 64 heavy (non-hydrogen) atoms. The number of carbonyl (C=O) groups excluding carboxylic acids is 5. The molecule has 12 unspecified atom stereocenters. The maximum Gasteiger partial charge on any atom is 0.329 e. The van der Waals surface area contributed by atoms with Crippen LogP contribution in [0.25, 0.3) is 0 Å². The summed E-state index contributed by atoms with van der Waals surface area (Å²) in [6.45, 7) is 18.9. The van der Waals surface area contributed by atoms with E-state index in [1.54, 1.807) is 34.1 Å². The molecule has 14 nitrogen and oxygen atoms in total. The lowest BCUT2D eigenvalue weighted by Gasteiger charge is -2.38. The van der Waals surface area contributed by atoms with Gasteiger partial charge in [-0.1, -0.05) is 66.7 Å². The summed E-state index contributed by atoms with van der Waals surface area (Å²) in [6.07, 6.45) is 6.58. The number of amides is 1. The Morgan fingerprint density at radius 3 is 2.17 bits per heavy atom. The molecule has 0 spiro atoms. The van der Waals surface area contributed by atoms with Crippen LogP contribution in [0, 0.1) is 35.0 Å². The number of cyclic esters (lactones) is 1. The van der Waals surface area contributed by atoms with Gasteiger partial charge in [0.1, 0.15) is 18.2 Å². The summed E-state index contributed by atoms with van der Waals surface area (Å²) in [5, 5.41) is 34.4. The summed E-state index contributed by atoms with van der Waals surface area (Å²) in [5.41, 5.74) is 0.901. The minimum atomic E-state index is -3.06. The number of fused-ring (bicyclic) bond motifs is 1. The van der Waals surface area contributed by atoms with Gasteiger partial charge in [0, 0.05) is 46.1 Å². The summed E-state index contributed by atoms with van der Waals surface area (Å²) in [7, 11) is 4.67. The van der Waals surface area contributed by atoms with Crippen LogP contribution < -0.4 is 0 Å². The van der Waals surface area contributed by atoms with Crippen molar-refractivity contribution in [2.75, 3.05) is 27.9 Å². The van der Waals surface area contributed by atoms with Gasteiger partial charge in [-0.15, -0.1) is 6.58 Å². The van der Waals surface area contributed by atoms with Crippen LogP contribution in [0.4, 0.5) is 0 Å². The number of piperidine rings is 1. The zero-order valence-electron chi connectivity index (χ0n) is 40.6. The molecule has 1 amide bonds. The number of aliphatic hydroxyl groups is 3. The quantitative estimate of drug-likeness (QED) is 0.0969. The van der Waals surface area contributed by atoms with Crippen LogP contribution in [0.15, 0.2) is 36.0 Å². The van der Waals surface area contributed by atoms with Gasteiger partial charge < -0.3 is 43.9 Å². The molecular weight excluding hydrogens is 823 g/mol. The Bertz CT molecular complexity index is 1650. The van der Waals surface area contributed by atoms with E-state index in [-0.39, 0.29) is 79.4 Å². The maximum atomic E-state index is 14.4. The van der Waals surface area contributed by atoms with Crippen molar-refractivity contribution in [1.29, 1.82) is 0 Å². The third-order valence-corrected chi connectivity index (χ3v) is 13.4. The van der Waals surface area contributed by atoms with Crippen molar-refractivity contribution in [2.24, 2.45) is 35.0 Å². The molecule has 1 aliphatic carbocycles. The molecule has 1 saturated carbocycles. The molecule has 12 atom stereocenters. The minimum Gasteiger partial charge on any atom is -0.460 e. The van der Waals surface area contributed by atoms with Gasteiger partial charge in [0.15, 0.2) is 5.78 Å². The van der Waals surface area contributed by atoms with Crippen LogP contribution in [-0.4, -0.2) is 126 Å². The number of rotatable bonds is 9. The molecule has 2 heterocycles. The fourth-order valence-electron chi connectivity index (χ4n) is 9.69. The molecule has 3 aliphatic rings. The molecular formula is C50H81NO13. The molecule has 0 aromatic heterocycles. The van der Waals surface area contributed by atoms with Gasteiger partial charge in [0.2, 0.25) is 5.79 Å². The smallest absolute Gasteiger partial charge is 0.329 e. The lowest BCUT2D eigenvalue weighted by atomic mass is 9.81. The van der Waals surface area contributed by atoms with E-state index < -0.39 is 65.7 Å². The van der Waals surface area contributed by atoms with E-state index in [1.165, 1.54) is 14.0 Å². The number of hydrogen-bond donors (Lipinski definition) is 3. The second-order valence-corrected chi connectivity index (χ2v) is 20.3. The van der Waals surface area contributed by atoms with Gasteiger partial charge in [-0.3, -0.25) is 19.2 Å². The van der Waals surface area contributed by atoms with Gasteiger partial charge in [-0.25, -0.2) is 4.79 Å². The molecule has 0 radical (unpaired) electrons. The average Bonchev–Trinajstić information content (AvgIpc) is 3.23. The number of methoxy groups -OCH3 is 3. The summed E-state index contributed by atoms with van der Waals surface area (Å²) in [6, 6.07) is -1.23. The van der Waals surface area contributed by atoms with E-state index in [1.807, 2.05) is 39.8 Å². The number of allylic oxidation sites excluding steroid dienone is 4. The number of ketones is 2. The molecule has 3 N–H and O–H groups in total. The molecule has 0 aromatic rings. The molecule has 2 aliphatic heterocycles. The first kappa shape index (κ1) is 55.1. The minimum absolute atomic E-state index is 0.00811. The summed E-state index contributed by atoms with van der Waals surface area (Å²) in [5.74, 6) is -8.97. The second kappa shape index (κ2) is 25.0. The number of Topliss-reactive ketones (excluding diaryl/α,β-unsaturated/α-hetero) is 2. The molecule has 1 saturated heterocycles. The summed E-state index contributed by atoms with van der Waals surface area (Å²) in [4.78, 5) is 69.9. The standard InChI is InChI=1S/C50H81NO13/c1-13-16-36-22-30(2)21-31(3)23-37(60-10)27-38(61-11)25-33(5)50(58,59)46(55)47(56)51-20-15-14-17-39(51)48(57)64-45(34(6)40(52)28-41(36)53)32(4)24-35-18-19-42(43(26-35)62-12)63-44(54)29-49(7,8)9/h13,22,24,30-31,33-35,37-40,42-43,45,52,58-59H,1,14-21,23,25-29H2,2-12H3/b32-24?,36-22+. The molecule has 364 valence electrons. The lowest BCUT2D eigenvalue weighted by Crippen LogP contribution is -2.58. The highest BCUT2D eigenvalue weighted by Gasteiger charge is 2.48. The molecule has 0 aromatic carbocycles. The number of esters is 2. The van der Waals surface area contributed by atoms with Gasteiger partial charge in [0.05, 0.1) is 30.8 Å². The molecule has 14 heteroatoms. The largest absolute Gasteiger partial charge is 0.460 e. The fourth-order valence-corrected chi connectivity index (χ4v) is 9.69. The maximum absolute atomic E-state index is 14.4. The Labute approximate surface area is 382 Å². The Morgan fingerprint density at radius 2 is 1.56 bits per heavy atom. The van der Waals surface area contributed by atoms with Crippen LogP contribution in [-0.2, 0) is 47.7 Å². The van der Waals surface area contributed by atoms with Crippen molar-refractivity contribution in [3.8, 4) is 0 Å². The van der Waals surface area contributed by atoms with Crippen LogP contribution >= 0.6 is 0 Å². The number of nitrogens with zero attached hydrogens (tertiary/aromatic N) is 1. The van der Waals surface area contributed by atoms with Gasteiger partial charge in [0.25, 0.3) is 11.7 Å². The predicted octanol–water partition coefficient (Wildman–Crippen LogP) is 6.61. The third kappa shape index (κ3) is 16.0. The highest BCUT2D eigenvalue weighted by atomic mass is 16.6. The van der Waals surface area contributed by atoms with Crippen LogP contribution in [0.1, 0.15) is 139 Å². The Hall–Kier alpha value is -3.27. The second-order valence-electron chi connectivity index (χ2n) is 20.3. The van der Waals surface area contributed by atoms with Crippen molar-refractivity contribution in [2.45, 2.75) is 187 Å². The normalized spacial score (nSPS) is 34.8. The first-order valence-corrected chi connectivity index (χ1v) is 23.5. The van der Waals surface area contributed by atoms with Crippen molar-refractivity contribution in [3.05, 3.63) is 36.0 Å². The zero-order valence-corrected chi connectivity index (χ0v) is 40.6. The van der Waals surface area contributed by atoms with Crippen molar-refractivity contribution in [3.63, 3.8) is 0 Å². The molecule has 0 bridgehead atoms. The van der Waals surface area contributed by atoms with Crippen molar-refractivity contribution < 1.29 is 63.0 Å². The summed E-state index contributed by atoms with van der Waals surface area (Å²) < 4.78 is 29.5. The lowest BCUT2D eigenvalue weighted by molar-refractivity contribution is -0.208. The Kier molecular flexibility index (Phi) is 21.5. The molecule has 2 fully saturated rings. The summed E-state index contributed by atoms with van der Waals surface area (Å²) >= 11 is 0. The van der Waals surface area contributed by atoms with Crippen LogP contribution in [0.2, 0.25) is 0 Å². The SMILES string of the molecule is C=CC/C1=C\C(C)CC(C)CC(OC)CC(OC)CC(C)C(O)(O)C(=O)C(=O)N2CCCCC2C(=O)OC(C(C)=CC2CCC(OC(=O)CC(C)(C)C)C(OC)C2)C(C)C(O)CC1=O.